The Kier molecular flexibility index (Phi) is 6.03. The molecule has 0 spiro atoms. The Labute approximate surface area is 149 Å². The van der Waals surface area contributed by atoms with Gasteiger partial charge in [0.15, 0.2) is 11.5 Å². The zero-order valence-electron chi connectivity index (χ0n) is 13.6. The fourth-order valence-electron chi connectivity index (χ4n) is 2.04. The lowest BCUT2D eigenvalue weighted by molar-refractivity contribution is -0.115. The van der Waals surface area contributed by atoms with Crippen molar-refractivity contribution in [3.05, 3.63) is 64.9 Å². The van der Waals surface area contributed by atoms with E-state index in [1.165, 1.54) is 26.4 Å². The summed E-state index contributed by atoms with van der Waals surface area (Å²) in [5.41, 5.74) is 0.549. The Morgan fingerprint density at radius 3 is 2.52 bits per heavy atom. The van der Waals surface area contributed by atoms with Crippen LogP contribution in [0.25, 0.3) is 0 Å². The molecule has 0 aliphatic carbocycles. The molecule has 2 aromatic rings. The molecule has 7 heteroatoms. The standard InChI is InChI=1S/C18H16ClNO5/c1-24-13-6-7-17(25-2)14(9-13)15(21)10-16(22)18(23)20-12-5-3-4-11(19)8-12/h3-10,22H,1-2H3,(H,20,23)/b16-10-. The lowest BCUT2D eigenvalue weighted by atomic mass is 10.1. The number of rotatable bonds is 6. The Balaban J connectivity index is 2.21. The number of aliphatic hydroxyl groups excluding tert-OH is 1. The number of hydrogen-bond donors (Lipinski definition) is 2. The average molecular weight is 362 g/mol. The maximum atomic E-state index is 12.3. The van der Waals surface area contributed by atoms with E-state index in [1.807, 2.05) is 0 Å². The normalized spacial score (nSPS) is 10.9. The molecule has 0 atom stereocenters. The number of halogens is 1. The molecule has 130 valence electrons. The first kappa shape index (κ1) is 18.4. The quantitative estimate of drug-likeness (QED) is 0.466. The summed E-state index contributed by atoms with van der Waals surface area (Å²) in [6, 6.07) is 11.0. The molecule has 0 aromatic heterocycles. The molecule has 1 amide bonds. The molecule has 0 aliphatic heterocycles. The smallest absolute Gasteiger partial charge is 0.290 e. The number of allylic oxidation sites excluding steroid dienone is 1. The molecule has 0 bridgehead atoms. The third kappa shape index (κ3) is 4.74. The number of anilines is 1. The van der Waals surface area contributed by atoms with Gasteiger partial charge in [-0.05, 0) is 36.4 Å². The minimum Gasteiger partial charge on any atom is -0.503 e. The van der Waals surface area contributed by atoms with Crippen molar-refractivity contribution in [2.24, 2.45) is 0 Å². The zero-order valence-corrected chi connectivity index (χ0v) is 14.3. The van der Waals surface area contributed by atoms with Gasteiger partial charge in [-0.2, -0.15) is 0 Å². The van der Waals surface area contributed by atoms with Crippen molar-refractivity contribution in [2.75, 3.05) is 19.5 Å². The minimum absolute atomic E-state index is 0.156. The summed E-state index contributed by atoms with van der Waals surface area (Å²) in [6.07, 6.45) is 0.817. The zero-order chi connectivity index (χ0) is 18.4. The van der Waals surface area contributed by atoms with Crippen molar-refractivity contribution in [1.82, 2.24) is 0 Å². The van der Waals surface area contributed by atoms with Gasteiger partial charge < -0.3 is 19.9 Å². The number of carbonyl (C=O) groups excluding carboxylic acids is 2. The Morgan fingerprint density at radius 1 is 1.12 bits per heavy atom. The van der Waals surface area contributed by atoms with Gasteiger partial charge in [0.05, 0.1) is 19.8 Å². The summed E-state index contributed by atoms with van der Waals surface area (Å²) in [7, 11) is 2.87. The van der Waals surface area contributed by atoms with Crippen LogP contribution in [0.1, 0.15) is 10.4 Å². The van der Waals surface area contributed by atoms with Crippen molar-refractivity contribution in [2.45, 2.75) is 0 Å². The molecule has 0 saturated heterocycles. The van der Waals surface area contributed by atoms with E-state index >= 15 is 0 Å². The molecular formula is C18H16ClNO5. The molecular weight excluding hydrogens is 346 g/mol. The molecule has 25 heavy (non-hydrogen) atoms. The van der Waals surface area contributed by atoms with Gasteiger partial charge in [0.25, 0.3) is 5.91 Å². The molecule has 2 aromatic carbocycles. The van der Waals surface area contributed by atoms with E-state index in [1.54, 1.807) is 30.3 Å². The number of carbonyl (C=O) groups is 2. The van der Waals surface area contributed by atoms with Gasteiger partial charge in [0, 0.05) is 16.8 Å². The van der Waals surface area contributed by atoms with Crippen LogP contribution in [0.3, 0.4) is 0 Å². The summed E-state index contributed by atoms with van der Waals surface area (Å²) >= 11 is 5.83. The van der Waals surface area contributed by atoms with Gasteiger partial charge in [-0.15, -0.1) is 0 Å². The number of methoxy groups -OCH3 is 2. The van der Waals surface area contributed by atoms with E-state index in [4.69, 9.17) is 21.1 Å². The monoisotopic (exact) mass is 361 g/mol. The lowest BCUT2D eigenvalue weighted by Gasteiger charge is -2.08. The fraction of sp³-hybridized carbons (Fsp3) is 0.111. The first-order valence-electron chi connectivity index (χ1n) is 7.18. The maximum Gasteiger partial charge on any atom is 0.290 e. The third-order valence-electron chi connectivity index (χ3n) is 3.26. The van der Waals surface area contributed by atoms with Gasteiger partial charge in [-0.1, -0.05) is 17.7 Å². The second-order valence-electron chi connectivity index (χ2n) is 4.92. The first-order valence-corrected chi connectivity index (χ1v) is 7.56. The number of nitrogens with one attached hydrogen (secondary N) is 1. The highest BCUT2D eigenvalue weighted by atomic mass is 35.5. The number of ether oxygens (including phenoxy) is 2. The molecule has 2 N–H and O–H groups in total. The van der Waals surface area contributed by atoms with Crippen molar-refractivity contribution in [3.8, 4) is 11.5 Å². The van der Waals surface area contributed by atoms with Crippen LogP contribution in [0.15, 0.2) is 54.3 Å². The summed E-state index contributed by atoms with van der Waals surface area (Å²) in [5.74, 6) is -1.44. The predicted octanol–water partition coefficient (Wildman–Crippen LogP) is 3.62. The predicted molar refractivity (Wildman–Crippen MR) is 94.7 cm³/mol. The van der Waals surface area contributed by atoms with Crippen molar-refractivity contribution in [1.29, 1.82) is 0 Å². The molecule has 0 aliphatic rings. The first-order chi connectivity index (χ1) is 11.9. The second kappa shape index (κ2) is 8.21. The van der Waals surface area contributed by atoms with Gasteiger partial charge in [-0.25, -0.2) is 0 Å². The molecule has 0 saturated carbocycles. The Hall–Kier alpha value is -2.99. The number of benzene rings is 2. The van der Waals surface area contributed by atoms with E-state index in [-0.39, 0.29) is 5.56 Å². The second-order valence-corrected chi connectivity index (χ2v) is 5.36. The van der Waals surface area contributed by atoms with Crippen LogP contribution < -0.4 is 14.8 Å². The van der Waals surface area contributed by atoms with Crippen LogP contribution in [0.4, 0.5) is 5.69 Å². The van der Waals surface area contributed by atoms with Gasteiger partial charge in [-0.3, -0.25) is 9.59 Å². The van der Waals surface area contributed by atoms with Crippen LogP contribution in [0, 0.1) is 0 Å². The molecule has 2 rings (SSSR count). The molecule has 6 nitrogen and oxygen atoms in total. The highest BCUT2D eigenvalue weighted by molar-refractivity contribution is 6.31. The van der Waals surface area contributed by atoms with E-state index in [9.17, 15) is 14.7 Å². The van der Waals surface area contributed by atoms with Crippen molar-refractivity contribution in [3.63, 3.8) is 0 Å². The van der Waals surface area contributed by atoms with E-state index < -0.39 is 17.4 Å². The lowest BCUT2D eigenvalue weighted by Crippen LogP contribution is -2.15. The largest absolute Gasteiger partial charge is 0.503 e. The van der Waals surface area contributed by atoms with E-state index in [0.717, 1.165) is 6.08 Å². The third-order valence-corrected chi connectivity index (χ3v) is 3.49. The van der Waals surface area contributed by atoms with Crippen LogP contribution >= 0.6 is 11.6 Å². The van der Waals surface area contributed by atoms with Gasteiger partial charge in [0.1, 0.15) is 11.5 Å². The SMILES string of the molecule is COc1ccc(OC)c(C(=O)/C=C(\O)C(=O)Nc2cccc(Cl)c2)c1. The van der Waals surface area contributed by atoms with Crippen molar-refractivity contribution >= 4 is 29.0 Å². The summed E-state index contributed by atoms with van der Waals surface area (Å²) in [4.78, 5) is 24.3. The average Bonchev–Trinajstić information content (AvgIpc) is 2.60. The van der Waals surface area contributed by atoms with Gasteiger partial charge >= 0.3 is 0 Å². The van der Waals surface area contributed by atoms with Crippen molar-refractivity contribution < 1.29 is 24.2 Å². The summed E-state index contributed by atoms with van der Waals surface area (Å²) < 4.78 is 10.2. The Bertz CT molecular complexity index is 832. The molecule has 0 unspecified atom stereocenters. The van der Waals surface area contributed by atoms with E-state index in [0.29, 0.717) is 22.2 Å². The number of ketones is 1. The Morgan fingerprint density at radius 2 is 1.88 bits per heavy atom. The molecule has 0 fully saturated rings. The summed E-state index contributed by atoms with van der Waals surface area (Å²) in [6.45, 7) is 0. The molecule has 0 radical (unpaired) electrons. The summed E-state index contributed by atoms with van der Waals surface area (Å²) in [5, 5.41) is 12.8. The highest BCUT2D eigenvalue weighted by Crippen LogP contribution is 2.25. The maximum absolute atomic E-state index is 12.3. The number of aliphatic hydroxyl groups is 1. The minimum atomic E-state index is -0.836. The van der Waals surface area contributed by atoms with Crippen LogP contribution in [0.2, 0.25) is 5.02 Å². The van der Waals surface area contributed by atoms with Crippen LogP contribution in [-0.4, -0.2) is 31.0 Å². The van der Waals surface area contributed by atoms with E-state index in [2.05, 4.69) is 5.32 Å². The van der Waals surface area contributed by atoms with Crippen LogP contribution in [-0.2, 0) is 4.79 Å². The fourth-order valence-corrected chi connectivity index (χ4v) is 2.23. The van der Waals surface area contributed by atoms with Crippen LogP contribution in [0.5, 0.6) is 11.5 Å². The topological polar surface area (TPSA) is 84.9 Å². The number of hydrogen-bond acceptors (Lipinski definition) is 5. The van der Waals surface area contributed by atoms with Gasteiger partial charge in [0.2, 0.25) is 0 Å². The highest BCUT2D eigenvalue weighted by Gasteiger charge is 2.16. The molecule has 0 heterocycles. The number of amides is 1.